The number of anilines is 1. The summed E-state index contributed by atoms with van der Waals surface area (Å²) in [4.78, 5) is 15.5. The Labute approximate surface area is 121 Å². The highest BCUT2D eigenvalue weighted by molar-refractivity contribution is 5.99. The van der Waals surface area contributed by atoms with E-state index in [0.29, 0.717) is 11.3 Å². The molecule has 3 N–H and O–H groups in total. The van der Waals surface area contributed by atoms with Crippen LogP contribution in [0.4, 0.5) is 5.69 Å². The zero-order valence-corrected chi connectivity index (χ0v) is 11.1. The van der Waals surface area contributed by atoms with Gasteiger partial charge in [0.15, 0.2) is 11.5 Å². The van der Waals surface area contributed by atoms with E-state index in [-0.39, 0.29) is 17.4 Å². The van der Waals surface area contributed by atoms with Gasteiger partial charge in [-0.05, 0) is 29.8 Å². The van der Waals surface area contributed by atoms with Crippen LogP contribution in [0.1, 0.15) is 5.56 Å². The summed E-state index contributed by atoms with van der Waals surface area (Å²) in [6, 6.07) is 7.86. The summed E-state index contributed by atoms with van der Waals surface area (Å²) in [7, 11) is 0. The number of rotatable bonds is 4. The highest BCUT2D eigenvalue weighted by Gasteiger charge is 1.97. The largest absolute Gasteiger partial charge is 0.504 e. The molecule has 0 saturated carbocycles. The average molecular weight is 282 g/mol. The minimum Gasteiger partial charge on any atom is -0.504 e. The number of hydrogen-bond acceptors (Lipinski definition) is 4. The molecule has 0 bridgehead atoms. The van der Waals surface area contributed by atoms with Gasteiger partial charge in [-0.1, -0.05) is 24.3 Å². The summed E-state index contributed by atoms with van der Waals surface area (Å²) in [5.41, 5.74) is 1.39. The summed E-state index contributed by atoms with van der Waals surface area (Å²) < 4.78 is 0. The second-order valence-corrected chi connectivity index (χ2v) is 4.19. The quantitative estimate of drug-likeness (QED) is 0.457. The standard InChI is InChI=1S/C16H14N2O3/c19-14-6-5-12(11-15(14)20)3-1-2-4-16(21)18-13-7-9-17-10-8-13/h1-11,19-20H,(H,17,18,21)/b3-1+,4-2+. The number of allylic oxidation sites excluding steroid dienone is 2. The van der Waals surface area contributed by atoms with Gasteiger partial charge in [0, 0.05) is 24.2 Å². The second-order valence-electron chi connectivity index (χ2n) is 4.19. The van der Waals surface area contributed by atoms with Crippen molar-refractivity contribution in [2.24, 2.45) is 0 Å². The zero-order chi connectivity index (χ0) is 15.1. The fraction of sp³-hybridized carbons (Fsp3) is 0. The van der Waals surface area contributed by atoms with Crippen molar-refractivity contribution in [1.29, 1.82) is 0 Å². The van der Waals surface area contributed by atoms with Crippen LogP contribution < -0.4 is 5.32 Å². The number of nitrogens with one attached hydrogen (secondary N) is 1. The molecule has 0 saturated heterocycles. The van der Waals surface area contributed by atoms with Crippen LogP contribution >= 0.6 is 0 Å². The van der Waals surface area contributed by atoms with E-state index >= 15 is 0 Å². The number of aromatic hydroxyl groups is 2. The summed E-state index contributed by atoms with van der Waals surface area (Å²) in [6.45, 7) is 0. The third-order valence-corrected chi connectivity index (χ3v) is 2.59. The molecule has 1 aromatic carbocycles. The van der Waals surface area contributed by atoms with E-state index in [0.717, 1.165) is 0 Å². The van der Waals surface area contributed by atoms with Gasteiger partial charge in [0.2, 0.25) is 5.91 Å². The Balaban J connectivity index is 1.91. The number of amides is 1. The number of nitrogens with zero attached hydrogens (tertiary/aromatic N) is 1. The maximum atomic E-state index is 11.6. The number of hydrogen-bond donors (Lipinski definition) is 3. The van der Waals surface area contributed by atoms with Gasteiger partial charge in [-0.15, -0.1) is 0 Å². The minimum absolute atomic E-state index is 0.167. The molecule has 0 aliphatic heterocycles. The van der Waals surface area contributed by atoms with E-state index in [1.165, 1.54) is 18.2 Å². The van der Waals surface area contributed by atoms with Crippen LogP contribution in [-0.2, 0) is 4.79 Å². The number of phenolic OH excluding ortho intramolecular Hbond substituents is 2. The van der Waals surface area contributed by atoms with Crippen LogP contribution in [0.5, 0.6) is 11.5 Å². The average Bonchev–Trinajstić information content (AvgIpc) is 2.48. The molecular weight excluding hydrogens is 268 g/mol. The molecule has 0 aliphatic carbocycles. The van der Waals surface area contributed by atoms with Gasteiger partial charge in [0.25, 0.3) is 0 Å². The number of carbonyl (C=O) groups excluding carboxylic acids is 1. The van der Waals surface area contributed by atoms with E-state index in [9.17, 15) is 15.0 Å². The first-order valence-corrected chi connectivity index (χ1v) is 6.23. The fourth-order valence-corrected chi connectivity index (χ4v) is 1.57. The Morgan fingerprint density at radius 2 is 1.81 bits per heavy atom. The van der Waals surface area contributed by atoms with E-state index in [1.807, 2.05) is 0 Å². The van der Waals surface area contributed by atoms with E-state index in [1.54, 1.807) is 48.8 Å². The van der Waals surface area contributed by atoms with E-state index < -0.39 is 0 Å². The molecule has 0 radical (unpaired) electrons. The Kier molecular flexibility index (Phi) is 4.71. The molecule has 106 valence electrons. The van der Waals surface area contributed by atoms with E-state index in [4.69, 9.17) is 0 Å². The molecular formula is C16H14N2O3. The van der Waals surface area contributed by atoms with Gasteiger partial charge in [-0.2, -0.15) is 0 Å². The molecule has 2 rings (SSSR count). The maximum Gasteiger partial charge on any atom is 0.248 e. The van der Waals surface area contributed by atoms with Crippen LogP contribution in [-0.4, -0.2) is 21.1 Å². The van der Waals surface area contributed by atoms with Crippen molar-refractivity contribution in [3.05, 3.63) is 66.5 Å². The lowest BCUT2D eigenvalue weighted by atomic mass is 10.2. The smallest absolute Gasteiger partial charge is 0.248 e. The third kappa shape index (κ3) is 4.50. The first-order chi connectivity index (χ1) is 10.1. The highest BCUT2D eigenvalue weighted by Crippen LogP contribution is 2.25. The predicted molar refractivity (Wildman–Crippen MR) is 80.8 cm³/mol. The Hall–Kier alpha value is -3.08. The molecule has 0 spiro atoms. The van der Waals surface area contributed by atoms with Gasteiger partial charge in [-0.25, -0.2) is 0 Å². The number of phenols is 2. The first-order valence-electron chi connectivity index (χ1n) is 6.23. The molecule has 1 aromatic heterocycles. The van der Waals surface area contributed by atoms with Gasteiger partial charge in [-0.3, -0.25) is 9.78 Å². The zero-order valence-electron chi connectivity index (χ0n) is 11.1. The number of pyridine rings is 1. The van der Waals surface area contributed by atoms with Crippen LogP contribution in [0.2, 0.25) is 0 Å². The van der Waals surface area contributed by atoms with Crippen LogP contribution in [0.3, 0.4) is 0 Å². The molecule has 1 heterocycles. The highest BCUT2D eigenvalue weighted by atomic mass is 16.3. The van der Waals surface area contributed by atoms with Gasteiger partial charge in [0.05, 0.1) is 0 Å². The van der Waals surface area contributed by atoms with Crippen LogP contribution in [0.15, 0.2) is 61.0 Å². The third-order valence-electron chi connectivity index (χ3n) is 2.59. The summed E-state index contributed by atoms with van der Waals surface area (Å²) >= 11 is 0. The van der Waals surface area contributed by atoms with Gasteiger partial charge in [0.1, 0.15) is 0 Å². The van der Waals surface area contributed by atoms with Crippen molar-refractivity contribution >= 4 is 17.7 Å². The van der Waals surface area contributed by atoms with Crippen molar-refractivity contribution in [1.82, 2.24) is 4.98 Å². The topological polar surface area (TPSA) is 82.5 Å². The van der Waals surface area contributed by atoms with Gasteiger partial charge >= 0.3 is 0 Å². The fourth-order valence-electron chi connectivity index (χ4n) is 1.57. The lowest BCUT2D eigenvalue weighted by Gasteiger charge is -1.99. The van der Waals surface area contributed by atoms with Crippen molar-refractivity contribution < 1.29 is 15.0 Å². The van der Waals surface area contributed by atoms with Crippen LogP contribution in [0, 0.1) is 0 Å². The molecule has 0 fully saturated rings. The molecule has 5 heteroatoms. The van der Waals surface area contributed by atoms with Crippen molar-refractivity contribution in [2.45, 2.75) is 0 Å². The Morgan fingerprint density at radius 3 is 2.52 bits per heavy atom. The number of benzene rings is 1. The van der Waals surface area contributed by atoms with E-state index in [2.05, 4.69) is 10.3 Å². The lowest BCUT2D eigenvalue weighted by molar-refractivity contribution is -0.111. The molecule has 0 unspecified atom stereocenters. The second kappa shape index (κ2) is 6.91. The minimum atomic E-state index is -0.251. The van der Waals surface area contributed by atoms with Crippen molar-refractivity contribution in [2.75, 3.05) is 5.32 Å². The summed E-state index contributed by atoms with van der Waals surface area (Å²) in [5, 5.41) is 21.2. The predicted octanol–water partition coefficient (Wildman–Crippen LogP) is 2.70. The van der Waals surface area contributed by atoms with Crippen LogP contribution in [0.25, 0.3) is 6.08 Å². The Bertz CT molecular complexity index is 679. The molecule has 0 aliphatic rings. The van der Waals surface area contributed by atoms with Crippen molar-refractivity contribution in [3.8, 4) is 11.5 Å². The normalized spacial score (nSPS) is 11.0. The molecule has 2 aromatic rings. The maximum absolute atomic E-state index is 11.6. The monoisotopic (exact) mass is 282 g/mol. The summed E-state index contributed by atoms with van der Waals surface area (Å²) in [6.07, 6.45) is 9.53. The van der Waals surface area contributed by atoms with Gasteiger partial charge < -0.3 is 15.5 Å². The molecule has 0 atom stereocenters. The number of aromatic nitrogens is 1. The van der Waals surface area contributed by atoms with Crippen molar-refractivity contribution in [3.63, 3.8) is 0 Å². The SMILES string of the molecule is O=C(/C=C/C=C/c1ccc(O)c(O)c1)Nc1ccncc1. The summed E-state index contributed by atoms with van der Waals surface area (Å²) in [5.74, 6) is -0.601. The molecule has 21 heavy (non-hydrogen) atoms. The molecule has 5 nitrogen and oxygen atoms in total. The number of carbonyl (C=O) groups is 1. The Morgan fingerprint density at radius 1 is 1.05 bits per heavy atom. The molecule has 1 amide bonds. The lowest BCUT2D eigenvalue weighted by Crippen LogP contribution is -2.07. The first kappa shape index (κ1) is 14.3.